The van der Waals surface area contributed by atoms with Gasteiger partial charge in [0.05, 0.1) is 12.7 Å². The number of carbonyl (C=O) groups excluding carboxylic acids is 1. The lowest BCUT2D eigenvalue weighted by Crippen LogP contribution is -2.25. The van der Waals surface area contributed by atoms with Gasteiger partial charge in [0.15, 0.2) is 6.10 Å². The summed E-state index contributed by atoms with van der Waals surface area (Å²) in [5.74, 6) is 0.267. The largest absolute Gasteiger partial charge is 0.467 e. The number of methoxy groups -OCH3 is 1. The molecule has 2 saturated carbocycles. The van der Waals surface area contributed by atoms with Crippen LogP contribution in [0.3, 0.4) is 0 Å². The third kappa shape index (κ3) is 3.98. The second-order valence-corrected chi connectivity index (χ2v) is 9.00. The van der Waals surface area contributed by atoms with Crippen LogP contribution in [0.25, 0.3) is 11.1 Å². The molecule has 2 aromatic carbocycles. The minimum Gasteiger partial charge on any atom is -0.467 e. The monoisotopic (exact) mass is 392 g/mol. The Balaban J connectivity index is 1.93. The minimum atomic E-state index is -0.687. The summed E-state index contributed by atoms with van der Waals surface area (Å²) in [6, 6.07) is 11.1. The standard InChI is InChI=1S/C26H32O3/c1-6-18-15-20(9-7-16(18)2)23-21(19-10-11-19)12-8-17(3)22(23)24(25(27)28-5)29-26(4)13-14-26/h7-9,12,15,19,24H,6,10-11,13-14H2,1-5H3. The lowest BCUT2D eigenvalue weighted by Gasteiger charge is -2.26. The number of rotatable bonds is 7. The fourth-order valence-electron chi connectivity index (χ4n) is 4.25. The first-order valence-electron chi connectivity index (χ1n) is 10.9. The quantitative estimate of drug-likeness (QED) is 0.527. The third-order valence-electron chi connectivity index (χ3n) is 6.57. The molecule has 154 valence electrons. The number of esters is 1. The summed E-state index contributed by atoms with van der Waals surface area (Å²) in [6.45, 7) is 8.53. The Morgan fingerprint density at radius 2 is 1.83 bits per heavy atom. The van der Waals surface area contributed by atoms with Gasteiger partial charge in [-0.15, -0.1) is 0 Å². The third-order valence-corrected chi connectivity index (χ3v) is 6.57. The number of benzene rings is 2. The summed E-state index contributed by atoms with van der Waals surface area (Å²) in [5, 5.41) is 0. The fraction of sp³-hybridized carbons (Fsp3) is 0.500. The fourth-order valence-corrected chi connectivity index (χ4v) is 4.25. The Labute approximate surface area is 174 Å². The molecule has 1 unspecified atom stereocenters. The highest BCUT2D eigenvalue weighted by Gasteiger charge is 2.44. The first-order valence-corrected chi connectivity index (χ1v) is 10.9. The zero-order valence-electron chi connectivity index (χ0n) is 18.3. The summed E-state index contributed by atoms with van der Waals surface area (Å²) >= 11 is 0. The average Bonchev–Trinajstić information content (AvgIpc) is 3.64. The molecule has 0 amide bonds. The summed E-state index contributed by atoms with van der Waals surface area (Å²) < 4.78 is 11.6. The number of aryl methyl sites for hydroxylation is 3. The van der Waals surface area contributed by atoms with E-state index in [1.165, 1.54) is 47.8 Å². The first kappa shape index (κ1) is 20.2. The lowest BCUT2D eigenvalue weighted by molar-refractivity contribution is -0.159. The van der Waals surface area contributed by atoms with E-state index in [4.69, 9.17) is 9.47 Å². The molecular formula is C26H32O3. The number of ether oxygens (including phenoxy) is 2. The maximum absolute atomic E-state index is 12.9. The Bertz CT molecular complexity index is 935. The van der Waals surface area contributed by atoms with Crippen LogP contribution in [0.5, 0.6) is 0 Å². The van der Waals surface area contributed by atoms with Crippen molar-refractivity contribution in [2.45, 2.75) is 77.4 Å². The van der Waals surface area contributed by atoms with Crippen molar-refractivity contribution in [1.82, 2.24) is 0 Å². The van der Waals surface area contributed by atoms with Gasteiger partial charge in [-0.05, 0) is 92.2 Å². The Morgan fingerprint density at radius 1 is 1.14 bits per heavy atom. The van der Waals surface area contributed by atoms with E-state index in [9.17, 15) is 4.79 Å². The van der Waals surface area contributed by atoms with Crippen LogP contribution in [-0.4, -0.2) is 18.7 Å². The molecule has 0 radical (unpaired) electrons. The van der Waals surface area contributed by atoms with Crippen molar-refractivity contribution < 1.29 is 14.3 Å². The molecule has 2 aliphatic rings. The Kier molecular flexibility index (Phi) is 5.29. The predicted octanol–water partition coefficient (Wildman–Crippen LogP) is 6.19. The highest BCUT2D eigenvalue weighted by molar-refractivity contribution is 5.84. The van der Waals surface area contributed by atoms with Gasteiger partial charge in [-0.1, -0.05) is 37.3 Å². The van der Waals surface area contributed by atoms with Crippen LogP contribution in [0.1, 0.15) is 79.4 Å². The van der Waals surface area contributed by atoms with Gasteiger partial charge in [-0.3, -0.25) is 0 Å². The summed E-state index contributed by atoms with van der Waals surface area (Å²) in [7, 11) is 1.45. The molecule has 0 spiro atoms. The van der Waals surface area contributed by atoms with Crippen LogP contribution < -0.4 is 0 Å². The van der Waals surface area contributed by atoms with Gasteiger partial charge >= 0.3 is 5.97 Å². The van der Waals surface area contributed by atoms with Crippen LogP contribution >= 0.6 is 0 Å². The molecule has 1 atom stereocenters. The van der Waals surface area contributed by atoms with Crippen LogP contribution in [0, 0.1) is 13.8 Å². The normalized spacial score (nSPS) is 18.4. The van der Waals surface area contributed by atoms with E-state index in [-0.39, 0.29) is 11.6 Å². The molecule has 0 aromatic heterocycles. The molecule has 2 aliphatic carbocycles. The molecule has 2 aromatic rings. The molecule has 0 heterocycles. The molecule has 0 aliphatic heterocycles. The number of hydrogen-bond donors (Lipinski definition) is 0. The highest BCUT2D eigenvalue weighted by atomic mass is 16.6. The maximum atomic E-state index is 12.9. The molecule has 0 bridgehead atoms. The van der Waals surface area contributed by atoms with Crippen molar-refractivity contribution >= 4 is 5.97 Å². The predicted molar refractivity (Wildman–Crippen MR) is 116 cm³/mol. The second kappa shape index (κ2) is 7.60. The van der Waals surface area contributed by atoms with Crippen LogP contribution in [0.2, 0.25) is 0 Å². The first-order chi connectivity index (χ1) is 13.9. The van der Waals surface area contributed by atoms with Gasteiger partial charge in [0.2, 0.25) is 0 Å². The Hall–Kier alpha value is -2.13. The van der Waals surface area contributed by atoms with E-state index in [0.717, 1.165) is 30.4 Å². The number of hydrogen-bond acceptors (Lipinski definition) is 3. The highest BCUT2D eigenvalue weighted by Crippen LogP contribution is 2.50. The van der Waals surface area contributed by atoms with E-state index in [2.05, 4.69) is 58.0 Å². The van der Waals surface area contributed by atoms with Crippen molar-refractivity contribution in [1.29, 1.82) is 0 Å². The summed E-state index contributed by atoms with van der Waals surface area (Å²) in [6.07, 6.45) is 4.71. The van der Waals surface area contributed by atoms with Crippen molar-refractivity contribution in [2.75, 3.05) is 7.11 Å². The van der Waals surface area contributed by atoms with Crippen LogP contribution in [-0.2, 0) is 20.7 Å². The van der Waals surface area contributed by atoms with E-state index in [0.29, 0.717) is 5.92 Å². The average molecular weight is 393 g/mol. The maximum Gasteiger partial charge on any atom is 0.339 e. The van der Waals surface area contributed by atoms with Gasteiger partial charge in [0.1, 0.15) is 0 Å². The summed E-state index contributed by atoms with van der Waals surface area (Å²) in [4.78, 5) is 12.9. The molecule has 3 heteroatoms. The Morgan fingerprint density at radius 3 is 2.41 bits per heavy atom. The van der Waals surface area contributed by atoms with Crippen molar-refractivity contribution in [3.8, 4) is 11.1 Å². The molecule has 0 saturated heterocycles. The molecule has 0 N–H and O–H groups in total. The van der Waals surface area contributed by atoms with Gasteiger partial charge < -0.3 is 9.47 Å². The zero-order chi connectivity index (χ0) is 20.8. The van der Waals surface area contributed by atoms with Crippen molar-refractivity contribution in [3.05, 3.63) is 58.1 Å². The molecule has 29 heavy (non-hydrogen) atoms. The zero-order valence-corrected chi connectivity index (χ0v) is 18.3. The smallest absolute Gasteiger partial charge is 0.339 e. The van der Waals surface area contributed by atoms with E-state index < -0.39 is 6.10 Å². The van der Waals surface area contributed by atoms with Gasteiger partial charge in [-0.2, -0.15) is 0 Å². The van der Waals surface area contributed by atoms with E-state index in [1.54, 1.807) is 0 Å². The SMILES string of the molecule is CCc1cc(-c2c(C3CC3)ccc(C)c2C(OC2(C)CC2)C(=O)OC)ccc1C. The van der Waals surface area contributed by atoms with Crippen molar-refractivity contribution in [3.63, 3.8) is 0 Å². The molecule has 2 fully saturated rings. The van der Waals surface area contributed by atoms with Crippen molar-refractivity contribution in [2.24, 2.45) is 0 Å². The minimum absolute atomic E-state index is 0.222. The topological polar surface area (TPSA) is 35.5 Å². The van der Waals surface area contributed by atoms with E-state index in [1.807, 2.05) is 0 Å². The lowest BCUT2D eigenvalue weighted by atomic mass is 9.85. The number of carbonyl (C=O) groups is 1. The van der Waals surface area contributed by atoms with Gasteiger partial charge in [0, 0.05) is 5.56 Å². The second-order valence-electron chi connectivity index (χ2n) is 9.00. The molecule has 4 rings (SSSR count). The van der Waals surface area contributed by atoms with Gasteiger partial charge in [-0.25, -0.2) is 4.79 Å². The van der Waals surface area contributed by atoms with Crippen LogP contribution in [0.4, 0.5) is 0 Å². The van der Waals surface area contributed by atoms with E-state index >= 15 is 0 Å². The van der Waals surface area contributed by atoms with Gasteiger partial charge in [0.25, 0.3) is 0 Å². The van der Waals surface area contributed by atoms with Crippen LogP contribution in [0.15, 0.2) is 30.3 Å². The molecule has 3 nitrogen and oxygen atoms in total. The molecular weight excluding hydrogens is 360 g/mol. The summed E-state index contributed by atoms with van der Waals surface area (Å²) in [5.41, 5.74) is 8.22.